The van der Waals surface area contributed by atoms with E-state index in [9.17, 15) is 9.59 Å². The summed E-state index contributed by atoms with van der Waals surface area (Å²) in [5, 5.41) is 1.51. The van der Waals surface area contributed by atoms with E-state index in [-0.39, 0.29) is 23.8 Å². The summed E-state index contributed by atoms with van der Waals surface area (Å²) in [6.45, 7) is 9.28. The molecule has 4 aliphatic heterocycles. The van der Waals surface area contributed by atoms with Crippen molar-refractivity contribution in [1.82, 2.24) is 14.7 Å². The highest BCUT2D eigenvalue weighted by atomic mass is 35.5. The van der Waals surface area contributed by atoms with Crippen LogP contribution < -0.4 is 0 Å². The Kier molecular flexibility index (Phi) is 7.44. The van der Waals surface area contributed by atoms with Gasteiger partial charge in [0.25, 0.3) is 5.91 Å². The van der Waals surface area contributed by atoms with Gasteiger partial charge in [-0.25, -0.2) is 4.99 Å². The fourth-order valence-electron chi connectivity index (χ4n) is 6.45. The molecule has 2 aromatic rings. The second-order valence-corrected chi connectivity index (χ2v) is 12.7. The molecule has 6 rings (SSSR count). The third-order valence-corrected chi connectivity index (χ3v) is 9.73. The first-order valence-electron chi connectivity index (χ1n) is 14.1. The molecule has 0 aliphatic carbocycles. The smallest absolute Gasteiger partial charge is 0.263 e. The number of morpholine rings is 1. The average Bonchev–Trinajstić information content (AvgIpc) is 3.66. The van der Waals surface area contributed by atoms with Crippen LogP contribution >= 0.6 is 23.4 Å². The van der Waals surface area contributed by atoms with Gasteiger partial charge in [-0.2, -0.15) is 0 Å². The first-order chi connectivity index (χ1) is 19.3. The van der Waals surface area contributed by atoms with Crippen LogP contribution in [0.3, 0.4) is 0 Å². The zero-order chi connectivity index (χ0) is 28.0. The highest BCUT2D eigenvalue weighted by Gasteiger charge is 2.54. The molecule has 2 amide bonds. The van der Waals surface area contributed by atoms with Gasteiger partial charge in [-0.1, -0.05) is 67.9 Å². The number of ether oxygens (including phenoxy) is 1. The summed E-state index contributed by atoms with van der Waals surface area (Å²) in [4.78, 5) is 39.7. The molecule has 40 heavy (non-hydrogen) atoms. The second-order valence-electron chi connectivity index (χ2n) is 11.3. The predicted molar refractivity (Wildman–Crippen MR) is 159 cm³/mol. The van der Waals surface area contributed by atoms with Crippen molar-refractivity contribution in [3.63, 3.8) is 0 Å². The van der Waals surface area contributed by atoms with Crippen molar-refractivity contribution in [3.05, 3.63) is 81.3 Å². The summed E-state index contributed by atoms with van der Waals surface area (Å²) in [6.07, 6.45) is 1.52. The summed E-state index contributed by atoms with van der Waals surface area (Å²) in [5.41, 5.74) is 2.60. The number of rotatable bonds is 5. The Morgan fingerprint density at radius 2 is 1.75 bits per heavy atom. The Bertz CT molecular complexity index is 1360. The number of nitrogens with zero attached hydrogens (tertiary/aromatic N) is 4. The first-order valence-corrected chi connectivity index (χ1v) is 15.3. The van der Waals surface area contributed by atoms with Crippen LogP contribution in [0.25, 0.3) is 0 Å². The molecule has 3 atom stereocenters. The van der Waals surface area contributed by atoms with Crippen molar-refractivity contribution in [2.45, 2.75) is 51.2 Å². The van der Waals surface area contributed by atoms with Crippen LogP contribution in [0.2, 0.25) is 5.02 Å². The van der Waals surface area contributed by atoms with Crippen LogP contribution in [0.5, 0.6) is 0 Å². The van der Waals surface area contributed by atoms with Gasteiger partial charge in [0, 0.05) is 30.4 Å². The van der Waals surface area contributed by atoms with E-state index < -0.39 is 11.6 Å². The van der Waals surface area contributed by atoms with Crippen molar-refractivity contribution < 1.29 is 14.3 Å². The van der Waals surface area contributed by atoms with Gasteiger partial charge in [-0.05, 0) is 60.7 Å². The maximum Gasteiger partial charge on any atom is 0.263 e. The highest BCUT2D eigenvalue weighted by Crippen LogP contribution is 2.56. The number of amides is 2. The molecule has 4 aliphatic rings. The van der Waals surface area contributed by atoms with E-state index in [1.807, 2.05) is 35.2 Å². The van der Waals surface area contributed by atoms with Crippen molar-refractivity contribution >= 4 is 40.3 Å². The topological polar surface area (TPSA) is 65.5 Å². The molecule has 0 aromatic heterocycles. The molecule has 0 N–H and O–H groups in total. The van der Waals surface area contributed by atoms with Crippen molar-refractivity contribution in [3.8, 4) is 0 Å². The van der Waals surface area contributed by atoms with E-state index in [0.29, 0.717) is 49.2 Å². The molecule has 0 spiro atoms. The number of aliphatic imine (C=N–C) groups is 1. The van der Waals surface area contributed by atoms with Crippen LogP contribution in [0.1, 0.15) is 50.8 Å². The minimum absolute atomic E-state index is 0.0409. The van der Waals surface area contributed by atoms with Gasteiger partial charge in [0.2, 0.25) is 5.91 Å². The van der Waals surface area contributed by atoms with Gasteiger partial charge in [-0.15, -0.1) is 0 Å². The second kappa shape index (κ2) is 10.9. The fourth-order valence-corrected chi connectivity index (χ4v) is 7.94. The number of thioether (sulfide) groups is 1. The number of amidine groups is 1. The maximum atomic E-state index is 14.3. The number of likely N-dealkylation sites (tertiary alicyclic amines) is 1. The number of carbonyl (C=O) groups excluding carboxylic acids is 2. The summed E-state index contributed by atoms with van der Waals surface area (Å²) in [5.74, 6) is 0.0583. The molecule has 9 heteroatoms. The molecule has 2 saturated heterocycles. The lowest BCUT2D eigenvalue weighted by Crippen LogP contribution is -2.51. The standard InChI is InChI=1S/C31H35ClN4O3S/c1-20(2)25-26(29(38)35-15-7-10-24(35)28(37)34-16-18-39-19-17-34)40-30-33-31(3,22-11-13-23(32)14-12-22)27(36(25)30)21-8-5-4-6-9-21/h4-6,8-9,11-14,20,24,27H,7,10,15-19H2,1-3H3/t24-,27+,31-/m0/s1. The SMILES string of the molecule is CC(C)C1=C(C(=O)N2CCC[C@H]2C(=O)N2CCOCC2)SC2=N[C@@](C)(c3ccc(Cl)cc3)[C@@H](c3ccccc3)N21. The Morgan fingerprint density at radius 1 is 1.05 bits per heavy atom. The van der Waals surface area contributed by atoms with E-state index in [4.69, 9.17) is 21.3 Å². The van der Waals surface area contributed by atoms with E-state index in [1.54, 1.807) is 4.90 Å². The third-order valence-electron chi connectivity index (χ3n) is 8.42. The first kappa shape index (κ1) is 27.4. The molecule has 4 heterocycles. The lowest BCUT2D eigenvalue weighted by atomic mass is 9.81. The Labute approximate surface area is 245 Å². The van der Waals surface area contributed by atoms with Crippen LogP contribution in [-0.2, 0) is 19.9 Å². The zero-order valence-electron chi connectivity index (χ0n) is 23.2. The number of halogens is 1. The minimum atomic E-state index is -0.578. The largest absolute Gasteiger partial charge is 0.378 e. The van der Waals surface area contributed by atoms with Gasteiger partial charge in [-0.3, -0.25) is 9.59 Å². The molecule has 0 bridgehead atoms. The fraction of sp³-hybridized carbons (Fsp3) is 0.452. The van der Waals surface area contributed by atoms with E-state index in [0.717, 1.165) is 28.4 Å². The third kappa shape index (κ3) is 4.64. The summed E-state index contributed by atoms with van der Waals surface area (Å²) < 4.78 is 5.44. The number of fused-ring (bicyclic) bond motifs is 1. The monoisotopic (exact) mass is 578 g/mol. The summed E-state index contributed by atoms with van der Waals surface area (Å²) >= 11 is 7.70. The number of hydrogen-bond donors (Lipinski definition) is 0. The van der Waals surface area contributed by atoms with Crippen molar-refractivity contribution in [1.29, 1.82) is 0 Å². The summed E-state index contributed by atoms with van der Waals surface area (Å²) in [6, 6.07) is 17.8. The maximum absolute atomic E-state index is 14.3. The molecule has 7 nitrogen and oxygen atoms in total. The van der Waals surface area contributed by atoms with Crippen LogP contribution in [0, 0.1) is 5.92 Å². The van der Waals surface area contributed by atoms with Crippen molar-refractivity contribution in [2.24, 2.45) is 10.9 Å². The quantitative estimate of drug-likeness (QED) is 0.473. The van der Waals surface area contributed by atoms with Gasteiger partial charge in [0.05, 0.1) is 19.3 Å². The molecule has 2 fully saturated rings. The zero-order valence-corrected chi connectivity index (χ0v) is 24.8. The molecular weight excluding hydrogens is 544 g/mol. The van der Waals surface area contributed by atoms with Crippen LogP contribution in [0.15, 0.2) is 70.2 Å². The van der Waals surface area contributed by atoms with Gasteiger partial charge < -0.3 is 19.4 Å². The molecule has 0 radical (unpaired) electrons. The predicted octanol–water partition coefficient (Wildman–Crippen LogP) is 5.43. The molecular formula is C31H35ClN4O3S. The average molecular weight is 579 g/mol. The van der Waals surface area contributed by atoms with Crippen LogP contribution in [-0.4, -0.2) is 70.6 Å². The van der Waals surface area contributed by atoms with E-state index in [1.165, 1.54) is 11.8 Å². The molecule has 210 valence electrons. The molecule has 0 unspecified atom stereocenters. The number of carbonyl (C=O) groups is 2. The van der Waals surface area contributed by atoms with Gasteiger partial charge in [0.1, 0.15) is 16.5 Å². The number of allylic oxidation sites excluding steroid dienone is 1. The van der Waals surface area contributed by atoms with Gasteiger partial charge >= 0.3 is 0 Å². The Hall–Kier alpha value is -2.81. The molecule has 0 saturated carbocycles. The Morgan fingerprint density at radius 3 is 2.42 bits per heavy atom. The number of benzene rings is 2. The van der Waals surface area contributed by atoms with E-state index >= 15 is 0 Å². The molecule has 2 aromatic carbocycles. The minimum Gasteiger partial charge on any atom is -0.378 e. The van der Waals surface area contributed by atoms with Gasteiger partial charge in [0.15, 0.2) is 5.17 Å². The normalized spacial score (nSPS) is 26.5. The number of hydrogen-bond acceptors (Lipinski definition) is 6. The van der Waals surface area contributed by atoms with Crippen molar-refractivity contribution in [2.75, 3.05) is 32.8 Å². The van der Waals surface area contributed by atoms with Crippen LogP contribution in [0.4, 0.5) is 0 Å². The lowest BCUT2D eigenvalue weighted by Gasteiger charge is -2.37. The Balaban J connectivity index is 1.38. The lowest BCUT2D eigenvalue weighted by molar-refractivity contribution is -0.144. The summed E-state index contributed by atoms with van der Waals surface area (Å²) in [7, 11) is 0. The van der Waals surface area contributed by atoms with E-state index in [2.05, 4.69) is 49.9 Å². The highest BCUT2D eigenvalue weighted by molar-refractivity contribution is 8.18.